The molecule has 5 nitrogen and oxygen atoms in total. The number of sulfonamides is 1. The van der Waals surface area contributed by atoms with Crippen molar-refractivity contribution in [2.75, 3.05) is 13.1 Å². The van der Waals surface area contributed by atoms with Gasteiger partial charge in [0.25, 0.3) is 0 Å². The highest BCUT2D eigenvalue weighted by Crippen LogP contribution is 2.24. The van der Waals surface area contributed by atoms with Gasteiger partial charge >= 0.3 is 0 Å². The third-order valence-electron chi connectivity index (χ3n) is 2.86. The lowest BCUT2D eigenvalue weighted by atomic mass is 10.2. The fourth-order valence-corrected chi connectivity index (χ4v) is 3.64. The van der Waals surface area contributed by atoms with Gasteiger partial charge in [0.15, 0.2) is 0 Å². The SMILES string of the molecule is O=C([O-])c1cc(S(=O)(=O)N2CCCC2)ccc1Cl. The van der Waals surface area contributed by atoms with Crippen LogP contribution in [-0.4, -0.2) is 31.8 Å². The van der Waals surface area contributed by atoms with E-state index in [0.29, 0.717) is 13.1 Å². The molecule has 1 saturated heterocycles. The summed E-state index contributed by atoms with van der Waals surface area (Å²) in [4.78, 5) is 10.8. The molecule has 0 saturated carbocycles. The van der Waals surface area contributed by atoms with Crippen molar-refractivity contribution < 1.29 is 18.3 Å². The third kappa shape index (κ3) is 2.36. The summed E-state index contributed by atoms with van der Waals surface area (Å²) >= 11 is 5.67. The summed E-state index contributed by atoms with van der Waals surface area (Å²) in [5, 5.41) is 10.8. The predicted octanol–water partition coefficient (Wildman–Crippen LogP) is 0.488. The molecule has 0 unspecified atom stereocenters. The predicted molar refractivity (Wildman–Crippen MR) is 63.8 cm³/mol. The van der Waals surface area contributed by atoms with E-state index in [-0.39, 0.29) is 15.5 Å². The number of halogens is 1. The number of aromatic carboxylic acids is 1. The summed E-state index contributed by atoms with van der Waals surface area (Å²) in [6.07, 6.45) is 1.64. The van der Waals surface area contributed by atoms with Gasteiger partial charge in [0.05, 0.1) is 10.9 Å². The van der Waals surface area contributed by atoms with E-state index in [2.05, 4.69) is 0 Å². The number of hydrogen-bond acceptors (Lipinski definition) is 4. The summed E-state index contributed by atoms with van der Waals surface area (Å²) in [5.41, 5.74) is -0.308. The molecule has 1 fully saturated rings. The Morgan fingerprint density at radius 2 is 1.89 bits per heavy atom. The van der Waals surface area contributed by atoms with E-state index >= 15 is 0 Å². The van der Waals surface area contributed by atoms with Crippen LogP contribution in [0.5, 0.6) is 0 Å². The Kier molecular flexibility index (Phi) is 3.61. The molecule has 7 heteroatoms. The Balaban J connectivity index is 2.45. The largest absolute Gasteiger partial charge is 0.545 e. The molecule has 0 N–H and O–H groups in total. The van der Waals surface area contributed by atoms with Crippen LogP contribution in [0.15, 0.2) is 23.1 Å². The summed E-state index contributed by atoms with van der Waals surface area (Å²) in [7, 11) is -3.63. The molecule has 0 aliphatic carbocycles. The second kappa shape index (κ2) is 4.87. The molecule has 0 spiro atoms. The first kappa shape index (κ1) is 13.3. The second-order valence-electron chi connectivity index (χ2n) is 4.04. The lowest BCUT2D eigenvalue weighted by Crippen LogP contribution is -2.28. The van der Waals surface area contributed by atoms with E-state index < -0.39 is 16.0 Å². The summed E-state index contributed by atoms with van der Waals surface area (Å²) in [6.45, 7) is 0.928. The number of rotatable bonds is 3. The van der Waals surface area contributed by atoms with Gasteiger partial charge in [-0.3, -0.25) is 0 Å². The van der Waals surface area contributed by atoms with Gasteiger partial charge in [0.2, 0.25) is 10.0 Å². The van der Waals surface area contributed by atoms with Crippen molar-refractivity contribution in [1.29, 1.82) is 0 Å². The van der Waals surface area contributed by atoms with E-state index in [9.17, 15) is 18.3 Å². The molecule has 0 amide bonds. The van der Waals surface area contributed by atoms with Gasteiger partial charge < -0.3 is 9.90 Å². The van der Waals surface area contributed by atoms with Crippen molar-refractivity contribution in [1.82, 2.24) is 4.31 Å². The number of nitrogens with zero attached hydrogens (tertiary/aromatic N) is 1. The lowest BCUT2D eigenvalue weighted by molar-refractivity contribution is -0.255. The Morgan fingerprint density at radius 1 is 1.28 bits per heavy atom. The maximum atomic E-state index is 12.2. The molecule has 1 heterocycles. The topological polar surface area (TPSA) is 77.5 Å². The fourth-order valence-electron chi connectivity index (χ4n) is 1.90. The van der Waals surface area contributed by atoms with E-state index in [1.54, 1.807) is 0 Å². The van der Waals surface area contributed by atoms with Crippen molar-refractivity contribution in [3.8, 4) is 0 Å². The highest BCUT2D eigenvalue weighted by molar-refractivity contribution is 7.89. The van der Waals surface area contributed by atoms with Crippen LogP contribution in [0, 0.1) is 0 Å². The number of carbonyl (C=O) groups excluding carboxylic acids is 1. The van der Waals surface area contributed by atoms with Gasteiger partial charge in [0.1, 0.15) is 0 Å². The maximum Gasteiger partial charge on any atom is 0.243 e. The standard InChI is InChI=1S/C11H12ClNO4S/c12-10-4-3-8(7-9(10)11(14)15)18(16,17)13-5-1-2-6-13/h3-4,7H,1-2,5-6H2,(H,14,15)/p-1. The zero-order chi connectivity index (χ0) is 13.3. The monoisotopic (exact) mass is 288 g/mol. The molecule has 98 valence electrons. The third-order valence-corrected chi connectivity index (χ3v) is 5.08. The van der Waals surface area contributed by atoms with Crippen molar-refractivity contribution in [2.45, 2.75) is 17.7 Å². The van der Waals surface area contributed by atoms with Crippen LogP contribution in [-0.2, 0) is 10.0 Å². The Hall–Kier alpha value is -1.11. The molecule has 0 radical (unpaired) electrons. The van der Waals surface area contributed by atoms with Gasteiger partial charge in [-0.05, 0) is 31.0 Å². The van der Waals surface area contributed by atoms with Crippen molar-refractivity contribution >= 4 is 27.6 Å². The van der Waals surface area contributed by atoms with Gasteiger partial charge in [-0.25, -0.2) is 8.42 Å². The Morgan fingerprint density at radius 3 is 2.44 bits per heavy atom. The normalized spacial score (nSPS) is 16.9. The minimum absolute atomic E-state index is 0.0321. The molecular weight excluding hydrogens is 278 g/mol. The van der Waals surface area contributed by atoms with Crippen LogP contribution in [0.3, 0.4) is 0 Å². The molecule has 0 aromatic heterocycles. The average molecular weight is 289 g/mol. The quantitative estimate of drug-likeness (QED) is 0.811. The molecule has 0 atom stereocenters. The zero-order valence-corrected chi connectivity index (χ0v) is 11.0. The van der Waals surface area contributed by atoms with Gasteiger partial charge in [-0.1, -0.05) is 11.6 Å². The second-order valence-corrected chi connectivity index (χ2v) is 6.39. The van der Waals surface area contributed by atoms with E-state index in [1.807, 2.05) is 0 Å². The number of benzene rings is 1. The minimum atomic E-state index is -3.63. The molecule has 1 aliphatic rings. The molecular formula is C11H11ClNO4S-. The number of carboxylic acid groups (broad SMARTS) is 1. The van der Waals surface area contributed by atoms with Crippen molar-refractivity contribution in [2.24, 2.45) is 0 Å². The van der Waals surface area contributed by atoms with E-state index in [0.717, 1.165) is 18.9 Å². The maximum absolute atomic E-state index is 12.2. The summed E-state index contributed by atoms with van der Waals surface area (Å²) < 4.78 is 25.7. The van der Waals surface area contributed by atoms with Crippen LogP contribution in [0.4, 0.5) is 0 Å². The van der Waals surface area contributed by atoms with Gasteiger partial charge in [-0.2, -0.15) is 4.31 Å². The molecule has 18 heavy (non-hydrogen) atoms. The first-order valence-corrected chi connectivity index (χ1v) is 7.26. The zero-order valence-electron chi connectivity index (χ0n) is 9.43. The minimum Gasteiger partial charge on any atom is -0.545 e. The fraction of sp³-hybridized carbons (Fsp3) is 0.364. The van der Waals surface area contributed by atoms with Crippen LogP contribution in [0.25, 0.3) is 0 Å². The highest BCUT2D eigenvalue weighted by Gasteiger charge is 2.27. The molecule has 1 aliphatic heterocycles. The van der Waals surface area contributed by atoms with E-state index in [1.165, 1.54) is 16.4 Å². The summed E-state index contributed by atoms with van der Waals surface area (Å²) in [5.74, 6) is -1.49. The van der Waals surface area contributed by atoms with E-state index in [4.69, 9.17) is 11.6 Å². The first-order valence-electron chi connectivity index (χ1n) is 5.44. The average Bonchev–Trinajstić information content (AvgIpc) is 2.82. The molecule has 1 aromatic carbocycles. The van der Waals surface area contributed by atoms with Crippen LogP contribution < -0.4 is 5.11 Å². The van der Waals surface area contributed by atoms with Crippen LogP contribution in [0.1, 0.15) is 23.2 Å². The van der Waals surface area contributed by atoms with Crippen LogP contribution >= 0.6 is 11.6 Å². The van der Waals surface area contributed by atoms with Crippen molar-refractivity contribution in [3.05, 3.63) is 28.8 Å². The number of hydrogen-bond donors (Lipinski definition) is 0. The first-order chi connectivity index (χ1) is 8.43. The van der Waals surface area contributed by atoms with Gasteiger partial charge in [0, 0.05) is 23.7 Å². The van der Waals surface area contributed by atoms with Crippen molar-refractivity contribution in [3.63, 3.8) is 0 Å². The Labute approximate surface area is 110 Å². The molecule has 2 rings (SSSR count). The molecule has 0 bridgehead atoms. The smallest absolute Gasteiger partial charge is 0.243 e. The molecule has 1 aromatic rings. The number of carbonyl (C=O) groups is 1. The lowest BCUT2D eigenvalue weighted by Gasteiger charge is -2.16. The van der Waals surface area contributed by atoms with Crippen LogP contribution in [0.2, 0.25) is 5.02 Å². The Bertz CT molecular complexity index is 579. The van der Waals surface area contributed by atoms with Gasteiger partial charge in [-0.15, -0.1) is 0 Å². The summed E-state index contributed by atoms with van der Waals surface area (Å²) in [6, 6.07) is 3.61. The highest BCUT2D eigenvalue weighted by atomic mass is 35.5. The number of carboxylic acids is 1.